The van der Waals surface area contributed by atoms with E-state index >= 15 is 0 Å². The summed E-state index contributed by atoms with van der Waals surface area (Å²) in [5, 5.41) is 0.898. The first-order chi connectivity index (χ1) is 16.1. The van der Waals surface area contributed by atoms with Gasteiger partial charge >= 0.3 is 0 Å². The third kappa shape index (κ3) is 3.93. The fourth-order valence-electron chi connectivity index (χ4n) is 4.97. The van der Waals surface area contributed by atoms with Crippen LogP contribution >= 0.6 is 0 Å². The number of pyridine rings is 3. The molecule has 0 amide bonds. The summed E-state index contributed by atoms with van der Waals surface area (Å²) in [5.41, 5.74) is 11.0. The molecule has 0 radical (unpaired) electrons. The van der Waals surface area contributed by atoms with Gasteiger partial charge in [0.15, 0.2) is 5.65 Å². The van der Waals surface area contributed by atoms with Crippen molar-refractivity contribution in [3.63, 3.8) is 0 Å². The second-order valence-corrected chi connectivity index (χ2v) is 8.98. The molecule has 33 heavy (non-hydrogen) atoms. The minimum atomic E-state index is 0.452. The molecule has 0 bridgehead atoms. The highest BCUT2D eigenvalue weighted by atomic mass is 15.4. The van der Waals surface area contributed by atoms with E-state index in [1.165, 1.54) is 31.2 Å². The molecule has 1 saturated carbocycles. The number of nitrogens with two attached hydrogens (primary N) is 1. The van der Waals surface area contributed by atoms with Crippen LogP contribution in [0.2, 0.25) is 0 Å². The quantitative estimate of drug-likeness (QED) is 0.418. The fourth-order valence-corrected chi connectivity index (χ4v) is 4.97. The van der Waals surface area contributed by atoms with E-state index in [1.54, 1.807) is 0 Å². The Labute approximate surface area is 194 Å². The lowest BCUT2D eigenvalue weighted by atomic mass is 9.82. The van der Waals surface area contributed by atoms with Gasteiger partial charge in [-0.3, -0.25) is 4.98 Å². The molecule has 4 aromatic rings. The summed E-state index contributed by atoms with van der Waals surface area (Å²) in [6, 6.07) is 12.4. The first-order valence-corrected chi connectivity index (χ1v) is 11.8. The number of hydrogen-bond acceptors (Lipinski definition) is 6. The van der Waals surface area contributed by atoms with Gasteiger partial charge in [0.05, 0.1) is 30.4 Å². The summed E-state index contributed by atoms with van der Waals surface area (Å²) < 4.78 is 0.578. The van der Waals surface area contributed by atoms with E-state index < -0.39 is 0 Å². The second-order valence-electron chi connectivity index (χ2n) is 8.98. The van der Waals surface area contributed by atoms with Gasteiger partial charge in [-0.1, -0.05) is 25.3 Å². The largest absolute Gasteiger partial charge is 0.383 e. The standard InChI is InChI=1S/C26H30N7/c1-3-33(2,19-12-14-28-15-13-19)23-11-7-10-21(31-23)22-16-20(18-8-5-4-6-9-18)24-25(27)29-17-30-26(24)32-22/h7,10-18H,3-6,8-9H2,1-2H3,(H2,27,29,30,32)/q+1. The zero-order chi connectivity index (χ0) is 22.8. The molecule has 0 saturated heterocycles. The second kappa shape index (κ2) is 8.83. The van der Waals surface area contributed by atoms with Crippen LogP contribution in [0, 0.1) is 0 Å². The van der Waals surface area contributed by atoms with Crippen LogP contribution in [-0.4, -0.2) is 38.5 Å². The summed E-state index contributed by atoms with van der Waals surface area (Å²) >= 11 is 0. The molecule has 2 N–H and O–H groups in total. The summed E-state index contributed by atoms with van der Waals surface area (Å²) in [5.74, 6) is 1.92. The number of nitrogen functional groups attached to an aromatic ring is 1. The van der Waals surface area contributed by atoms with Crippen molar-refractivity contribution in [1.29, 1.82) is 0 Å². The van der Waals surface area contributed by atoms with Crippen LogP contribution in [0.3, 0.4) is 0 Å². The van der Waals surface area contributed by atoms with E-state index in [2.05, 4.69) is 47.1 Å². The monoisotopic (exact) mass is 440 g/mol. The highest BCUT2D eigenvalue weighted by molar-refractivity contribution is 5.90. The van der Waals surface area contributed by atoms with Crippen LogP contribution in [0.25, 0.3) is 22.4 Å². The molecule has 7 heteroatoms. The van der Waals surface area contributed by atoms with Gasteiger partial charge in [0.25, 0.3) is 0 Å². The van der Waals surface area contributed by atoms with Crippen LogP contribution in [0.1, 0.15) is 50.5 Å². The topological polar surface area (TPSA) is 90.5 Å². The summed E-state index contributed by atoms with van der Waals surface area (Å²) in [6.07, 6.45) is 11.3. The molecule has 0 aromatic carbocycles. The normalized spacial score (nSPS) is 16.5. The van der Waals surface area contributed by atoms with E-state index in [0.29, 0.717) is 21.9 Å². The lowest BCUT2D eigenvalue weighted by Crippen LogP contribution is -2.40. The summed E-state index contributed by atoms with van der Waals surface area (Å²) in [7, 11) is 2.18. The van der Waals surface area contributed by atoms with Crippen molar-refractivity contribution in [1.82, 2.24) is 29.4 Å². The number of fused-ring (bicyclic) bond motifs is 1. The van der Waals surface area contributed by atoms with Gasteiger partial charge in [-0.2, -0.15) is 4.98 Å². The molecule has 1 aliphatic carbocycles. The van der Waals surface area contributed by atoms with E-state index in [0.717, 1.165) is 47.7 Å². The van der Waals surface area contributed by atoms with Crippen LogP contribution in [-0.2, 0) is 0 Å². The van der Waals surface area contributed by atoms with E-state index in [4.69, 9.17) is 15.7 Å². The average molecular weight is 441 g/mol. The van der Waals surface area contributed by atoms with Gasteiger partial charge < -0.3 is 5.73 Å². The minimum Gasteiger partial charge on any atom is -0.383 e. The number of anilines is 1. The van der Waals surface area contributed by atoms with Crippen molar-refractivity contribution in [2.75, 3.05) is 19.3 Å². The first kappa shape index (κ1) is 21.4. The number of hydrogen-bond donors (Lipinski definition) is 1. The Hall–Kier alpha value is -3.45. The van der Waals surface area contributed by atoms with Gasteiger partial charge in [0, 0.05) is 30.6 Å². The smallest absolute Gasteiger partial charge is 0.233 e. The third-order valence-electron chi connectivity index (χ3n) is 7.08. The Morgan fingerprint density at radius 1 is 0.970 bits per heavy atom. The van der Waals surface area contributed by atoms with Crippen LogP contribution < -0.4 is 10.2 Å². The van der Waals surface area contributed by atoms with Crippen LogP contribution in [0.15, 0.2) is 55.1 Å². The van der Waals surface area contributed by atoms with E-state index in [-0.39, 0.29) is 0 Å². The molecule has 0 aliphatic heterocycles. The molecule has 4 aromatic heterocycles. The van der Waals surface area contributed by atoms with Gasteiger partial charge in [0.1, 0.15) is 17.8 Å². The maximum Gasteiger partial charge on any atom is 0.233 e. The van der Waals surface area contributed by atoms with Crippen molar-refractivity contribution in [3.05, 3.63) is 60.7 Å². The van der Waals surface area contributed by atoms with Crippen LogP contribution in [0.4, 0.5) is 17.3 Å². The Morgan fingerprint density at radius 3 is 2.52 bits per heavy atom. The maximum atomic E-state index is 6.30. The zero-order valence-electron chi connectivity index (χ0n) is 19.3. The van der Waals surface area contributed by atoms with Crippen molar-refractivity contribution in [2.24, 2.45) is 0 Å². The molecule has 1 fully saturated rings. The van der Waals surface area contributed by atoms with Gasteiger partial charge in [-0.15, -0.1) is 0 Å². The SMILES string of the molecule is CC[N+](C)(c1ccncc1)c1cccc(-c2cc(C3CCCCC3)c3c(N)ncnc3n2)n1. The Balaban J connectivity index is 1.64. The van der Waals surface area contributed by atoms with Gasteiger partial charge in [-0.05, 0) is 43.4 Å². The molecular weight excluding hydrogens is 410 g/mol. The van der Waals surface area contributed by atoms with Crippen molar-refractivity contribution < 1.29 is 0 Å². The lowest BCUT2D eigenvalue weighted by molar-refractivity contribution is 0.445. The third-order valence-corrected chi connectivity index (χ3v) is 7.08. The average Bonchev–Trinajstić information content (AvgIpc) is 2.89. The Morgan fingerprint density at radius 2 is 1.76 bits per heavy atom. The minimum absolute atomic E-state index is 0.452. The number of nitrogens with zero attached hydrogens (tertiary/aromatic N) is 6. The molecular formula is C26H30N7+. The number of aromatic nitrogens is 5. The van der Waals surface area contributed by atoms with Crippen molar-refractivity contribution in [3.8, 4) is 11.4 Å². The van der Waals surface area contributed by atoms with Gasteiger partial charge in [0.2, 0.25) is 5.82 Å². The molecule has 5 rings (SSSR count). The van der Waals surface area contributed by atoms with Crippen molar-refractivity contribution >= 4 is 28.4 Å². The predicted octanol–water partition coefficient (Wildman–Crippen LogP) is 5.40. The number of rotatable bonds is 5. The Bertz CT molecular complexity index is 1270. The molecule has 0 spiro atoms. The fraction of sp³-hybridized carbons (Fsp3) is 0.346. The molecule has 1 aliphatic rings. The Kier molecular flexibility index (Phi) is 5.72. The number of quaternary nitrogens is 1. The predicted molar refractivity (Wildman–Crippen MR) is 133 cm³/mol. The van der Waals surface area contributed by atoms with E-state index in [9.17, 15) is 0 Å². The maximum absolute atomic E-state index is 6.30. The van der Waals surface area contributed by atoms with E-state index in [1.807, 2.05) is 30.6 Å². The highest BCUT2D eigenvalue weighted by Gasteiger charge is 2.29. The lowest BCUT2D eigenvalue weighted by Gasteiger charge is -2.31. The highest BCUT2D eigenvalue weighted by Crippen LogP contribution is 2.39. The molecule has 4 heterocycles. The molecule has 1 unspecified atom stereocenters. The summed E-state index contributed by atoms with van der Waals surface area (Å²) in [6.45, 7) is 3.03. The van der Waals surface area contributed by atoms with Crippen molar-refractivity contribution in [2.45, 2.75) is 44.9 Å². The zero-order valence-corrected chi connectivity index (χ0v) is 19.3. The summed E-state index contributed by atoms with van der Waals surface area (Å²) in [4.78, 5) is 22.9. The molecule has 1 atom stereocenters. The van der Waals surface area contributed by atoms with Gasteiger partial charge in [-0.25, -0.2) is 19.4 Å². The molecule has 168 valence electrons. The molecule has 7 nitrogen and oxygen atoms in total. The van der Waals surface area contributed by atoms with Crippen LogP contribution in [0.5, 0.6) is 0 Å². The first-order valence-electron chi connectivity index (χ1n) is 11.8.